The first kappa shape index (κ1) is 17.0. The van der Waals surface area contributed by atoms with E-state index in [1.807, 2.05) is 26.8 Å². The number of ketones is 1. The summed E-state index contributed by atoms with van der Waals surface area (Å²) in [5, 5.41) is 0. The molecule has 0 saturated heterocycles. The van der Waals surface area contributed by atoms with E-state index in [-0.39, 0.29) is 35.4 Å². The molecule has 0 amide bonds. The standard InChI is InChI=1S/C18H21BrO3/c1-5-7-12-11(2)15(10-14(12)20)22-17(21)16-13(8-6-9-19)18(16,3)4/h5,8-9,13,15-16H,1,7,10H2,2-4H3/t6?,13-,15?,16+/m1/s1. The second-order valence-electron chi connectivity index (χ2n) is 6.47. The van der Waals surface area contributed by atoms with Crippen LogP contribution in [0.25, 0.3) is 0 Å². The molecular weight excluding hydrogens is 344 g/mol. The first-order valence-electron chi connectivity index (χ1n) is 7.40. The molecule has 2 aliphatic carbocycles. The fourth-order valence-electron chi connectivity index (χ4n) is 3.20. The molecule has 0 aliphatic heterocycles. The summed E-state index contributed by atoms with van der Waals surface area (Å²) < 4.78 is 5.62. The molecule has 1 saturated carbocycles. The Bertz CT molecular complexity index is 606. The molecular formula is C18H21BrO3. The molecule has 0 aromatic rings. The number of carbonyl (C=O) groups excluding carboxylic acids is 2. The largest absolute Gasteiger partial charge is 0.457 e. The molecule has 1 fully saturated rings. The maximum Gasteiger partial charge on any atom is 0.310 e. The second-order valence-corrected chi connectivity index (χ2v) is 6.93. The maximum atomic E-state index is 12.4. The lowest BCUT2D eigenvalue weighted by Gasteiger charge is -2.13. The monoisotopic (exact) mass is 364 g/mol. The Labute approximate surface area is 139 Å². The summed E-state index contributed by atoms with van der Waals surface area (Å²) in [7, 11) is 0. The SMILES string of the molecule is C=CCC1=C(C)C(OC(=O)[C@@H]2[C@@H](C=C=CBr)C2(C)C)CC1=O. The summed E-state index contributed by atoms with van der Waals surface area (Å²) >= 11 is 3.17. The third-order valence-corrected chi connectivity index (χ3v) is 5.04. The van der Waals surface area contributed by atoms with Crippen molar-refractivity contribution >= 4 is 27.7 Å². The molecule has 0 aromatic heterocycles. The van der Waals surface area contributed by atoms with Gasteiger partial charge in [0.2, 0.25) is 0 Å². The molecule has 4 heteroatoms. The molecule has 0 N–H and O–H groups in total. The van der Waals surface area contributed by atoms with Gasteiger partial charge in [0, 0.05) is 16.5 Å². The quantitative estimate of drug-likeness (QED) is 0.419. The van der Waals surface area contributed by atoms with Crippen LogP contribution < -0.4 is 0 Å². The Kier molecular flexibility index (Phi) is 4.93. The smallest absolute Gasteiger partial charge is 0.310 e. The summed E-state index contributed by atoms with van der Waals surface area (Å²) in [6.45, 7) is 9.62. The van der Waals surface area contributed by atoms with Gasteiger partial charge in [0.25, 0.3) is 0 Å². The van der Waals surface area contributed by atoms with Gasteiger partial charge in [0.15, 0.2) is 5.78 Å². The summed E-state index contributed by atoms with van der Waals surface area (Å²) in [6, 6.07) is 0. The topological polar surface area (TPSA) is 43.4 Å². The first-order valence-corrected chi connectivity index (χ1v) is 8.31. The number of halogens is 1. The molecule has 22 heavy (non-hydrogen) atoms. The van der Waals surface area contributed by atoms with Crippen molar-refractivity contribution in [3.05, 3.63) is 40.6 Å². The molecule has 0 heterocycles. The van der Waals surface area contributed by atoms with Crippen LogP contribution in [0.3, 0.4) is 0 Å². The summed E-state index contributed by atoms with van der Waals surface area (Å²) in [4.78, 5) is 26.0. The van der Waals surface area contributed by atoms with Crippen LogP contribution in [0.5, 0.6) is 0 Å². The number of rotatable bonds is 5. The molecule has 0 spiro atoms. The van der Waals surface area contributed by atoms with Crippen LogP contribution in [-0.2, 0) is 14.3 Å². The Morgan fingerprint density at radius 1 is 1.55 bits per heavy atom. The van der Waals surface area contributed by atoms with Crippen molar-refractivity contribution in [2.45, 2.75) is 39.7 Å². The minimum atomic E-state index is -0.414. The predicted molar refractivity (Wildman–Crippen MR) is 89.4 cm³/mol. The molecule has 2 aliphatic rings. The van der Waals surface area contributed by atoms with Gasteiger partial charge >= 0.3 is 5.97 Å². The van der Waals surface area contributed by atoms with Crippen LogP contribution in [0.4, 0.5) is 0 Å². The van der Waals surface area contributed by atoms with Gasteiger partial charge in [-0.25, -0.2) is 0 Å². The normalized spacial score (nSPS) is 28.9. The summed E-state index contributed by atoms with van der Waals surface area (Å²) in [5.41, 5.74) is 4.45. The van der Waals surface area contributed by atoms with Gasteiger partial charge < -0.3 is 4.74 Å². The minimum Gasteiger partial charge on any atom is -0.457 e. The lowest BCUT2D eigenvalue weighted by molar-refractivity contribution is -0.150. The highest BCUT2D eigenvalue weighted by Crippen LogP contribution is 2.59. The number of esters is 1. The highest BCUT2D eigenvalue weighted by atomic mass is 79.9. The van der Waals surface area contributed by atoms with Gasteiger partial charge in [-0.1, -0.05) is 35.9 Å². The van der Waals surface area contributed by atoms with E-state index >= 15 is 0 Å². The van der Waals surface area contributed by atoms with E-state index in [0.717, 1.165) is 11.1 Å². The van der Waals surface area contributed by atoms with Crippen LogP contribution in [0.15, 0.2) is 40.6 Å². The Hall–Kier alpha value is -1.38. The van der Waals surface area contributed by atoms with E-state index in [2.05, 4.69) is 28.2 Å². The van der Waals surface area contributed by atoms with Gasteiger partial charge in [0.05, 0.1) is 12.3 Å². The number of ether oxygens (including phenoxy) is 1. The van der Waals surface area contributed by atoms with Crippen molar-refractivity contribution in [1.29, 1.82) is 0 Å². The lowest BCUT2D eigenvalue weighted by Crippen LogP contribution is -2.20. The van der Waals surface area contributed by atoms with E-state index in [4.69, 9.17) is 4.74 Å². The van der Waals surface area contributed by atoms with Crippen LogP contribution in [0, 0.1) is 17.3 Å². The van der Waals surface area contributed by atoms with Crippen molar-refractivity contribution in [3.8, 4) is 0 Å². The van der Waals surface area contributed by atoms with Crippen LogP contribution in [0.2, 0.25) is 0 Å². The molecule has 0 radical (unpaired) electrons. The molecule has 2 rings (SSSR count). The van der Waals surface area contributed by atoms with Gasteiger partial charge in [0.1, 0.15) is 6.10 Å². The average molecular weight is 365 g/mol. The zero-order chi connectivity index (χ0) is 16.5. The maximum absolute atomic E-state index is 12.4. The third kappa shape index (κ3) is 3.04. The molecule has 3 nitrogen and oxygen atoms in total. The molecule has 0 aromatic carbocycles. The van der Waals surface area contributed by atoms with Crippen molar-refractivity contribution in [1.82, 2.24) is 0 Å². The minimum absolute atomic E-state index is 0.0592. The number of allylic oxidation sites excluding steroid dienone is 3. The van der Waals surface area contributed by atoms with Gasteiger partial charge in [-0.15, -0.1) is 12.3 Å². The fraction of sp³-hybridized carbons (Fsp3) is 0.500. The van der Waals surface area contributed by atoms with Crippen LogP contribution in [0.1, 0.15) is 33.6 Å². The fourth-order valence-corrected chi connectivity index (χ4v) is 3.35. The van der Waals surface area contributed by atoms with Gasteiger partial charge in [-0.2, -0.15) is 0 Å². The lowest BCUT2D eigenvalue weighted by atomic mass is 10.1. The Morgan fingerprint density at radius 3 is 2.82 bits per heavy atom. The number of hydrogen-bond donors (Lipinski definition) is 0. The second kappa shape index (κ2) is 6.39. The molecule has 118 valence electrons. The number of carbonyl (C=O) groups is 2. The van der Waals surface area contributed by atoms with Crippen LogP contribution >= 0.6 is 15.9 Å². The highest BCUT2D eigenvalue weighted by Gasteiger charge is 2.61. The van der Waals surface area contributed by atoms with E-state index in [1.54, 1.807) is 11.1 Å². The van der Waals surface area contributed by atoms with Crippen molar-refractivity contribution in [2.75, 3.05) is 0 Å². The number of hydrogen-bond acceptors (Lipinski definition) is 3. The van der Waals surface area contributed by atoms with Crippen LogP contribution in [-0.4, -0.2) is 17.9 Å². The van der Waals surface area contributed by atoms with E-state index < -0.39 is 6.10 Å². The van der Waals surface area contributed by atoms with E-state index in [1.165, 1.54) is 0 Å². The van der Waals surface area contributed by atoms with Crippen molar-refractivity contribution in [2.24, 2.45) is 17.3 Å². The highest BCUT2D eigenvalue weighted by molar-refractivity contribution is 9.11. The average Bonchev–Trinajstić information content (AvgIpc) is 2.91. The number of Topliss-reactive ketones (excluding diaryl/α,β-unsaturated/α-hetero) is 1. The third-order valence-electron chi connectivity index (χ3n) is 4.78. The van der Waals surface area contributed by atoms with E-state index in [9.17, 15) is 9.59 Å². The van der Waals surface area contributed by atoms with Crippen molar-refractivity contribution < 1.29 is 14.3 Å². The van der Waals surface area contributed by atoms with Crippen molar-refractivity contribution in [3.63, 3.8) is 0 Å². The summed E-state index contributed by atoms with van der Waals surface area (Å²) in [6.07, 6.45) is 3.98. The predicted octanol–water partition coefficient (Wildman–Crippen LogP) is 4.10. The van der Waals surface area contributed by atoms with E-state index in [0.29, 0.717) is 6.42 Å². The summed E-state index contributed by atoms with van der Waals surface area (Å²) in [5.74, 6) is -0.204. The zero-order valence-corrected chi connectivity index (χ0v) is 14.8. The molecule has 1 unspecified atom stereocenters. The first-order chi connectivity index (χ1) is 10.3. The van der Waals surface area contributed by atoms with Gasteiger partial charge in [-0.3, -0.25) is 9.59 Å². The Morgan fingerprint density at radius 2 is 2.23 bits per heavy atom. The van der Waals surface area contributed by atoms with Gasteiger partial charge in [-0.05, 0) is 30.4 Å². The Balaban J connectivity index is 2.07. The molecule has 0 bridgehead atoms. The zero-order valence-electron chi connectivity index (χ0n) is 13.2. The molecule has 3 atom stereocenters.